The maximum Gasteiger partial charge on any atom is 0.341 e. The Hall–Kier alpha value is -1.36. The van der Waals surface area contributed by atoms with Gasteiger partial charge in [-0.15, -0.1) is 0 Å². The zero-order valence-corrected chi connectivity index (χ0v) is 18.8. The number of ether oxygens (including phenoxy) is 2. The van der Waals surface area contributed by atoms with Gasteiger partial charge in [0.25, 0.3) is 0 Å². The van der Waals surface area contributed by atoms with Crippen LogP contribution in [-0.2, 0) is 19.1 Å². The topological polar surface area (TPSA) is 76.1 Å². The molecule has 1 N–H and O–H groups in total. The molecule has 5 rings (SSSR count). The summed E-state index contributed by atoms with van der Waals surface area (Å²) in [7, 11) is 0. The van der Waals surface area contributed by atoms with Crippen LogP contribution < -0.4 is 0 Å². The zero-order chi connectivity index (χ0) is 21.7. The number of fused-ring (bicyclic) bond motifs is 3. The second kappa shape index (κ2) is 6.11. The quantitative estimate of drug-likeness (QED) is 0.409. The van der Waals surface area contributed by atoms with Crippen molar-refractivity contribution in [1.29, 1.82) is 0 Å². The first-order valence-corrected chi connectivity index (χ1v) is 11.8. The van der Waals surface area contributed by atoms with E-state index in [9.17, 15) is 14.7 Å². The second-order valence-electron chi connectivity index (χ2n) is 11.7. The summed E-state index contributed by atoms with van der Waals surface area (Å²) in [6.07, 6.45) is 7.47. The van der Waals surface area contributed by atoms with Crippen LogP contribution in [0.1, 0.15) is 79.1 Å². The molecule has 166 valence electrons. The summed E-state index contributed by atoms with van der Waals surface area (Å²) >= 11 is 0. The van der Waals surface area contributed by atoms with E-state index in [1.807, 2.05) is 20.8 Å². The number of hydrogen-bond donors (Lipinski definition) is 1. The van der Waals surface area contributed by atoms with Crippen LogP contribution >= 0.6 is 0 Å². The molecule has 0 radical (unpaired) electrons. The lowest BCUT2D eigenvalue weighted by atomic mass is 9.40. The number of aliphatic carboxylic acids is 1. The van der Waals surface area contributed by atoms with E-state index < -0.39 is 17.0 Å². The monoisotopic (exact) mass is 416 g/mol. The lowest BCUT2D eigenvalue weighted by Crippen LogP contribution is -2.60. The third kappa shape index (κ3) is 2.39. The number of epoxide rings is 1. The lowest BCUT2D eigenvalue weighted by Gasteiger charge is -2.63. The van der Waals surface area contributed by atoms with Crippen LogP contribution in [0.2, 0.25) is 0 Å². The number of carbonyl (C=O) groups excluding carboxylic acids is 1. The summed E-state index contributed by atoms with van der Waals surface area (Å²) < 4.78 is 11.8. The molecule has 0 aromatic carbocycles. The van der Waals surface area contributed by atoms with Crippen molar-refractivity contribution in [3.05, 3.63) is 12.2 Å². The Bertz CT molecular complexity index is 820. The molecule has 0 unspecified atom stereocenters. The SMILES string of the molecule is C=C1[C@@H]2CC[C@H]3[C@]4(C)CCC[C@@](C)(C(=O)O)[C@H]4CC[C@]3(C2)[C@H]1OC(=O)[C@@]1(C)O[C@H]1C. The number of carbonyl (C=O) groups is 2. The Morgan fingerprint density at radius 3 is 2.43 bits per heavy atom. The maximum absolute atomic E-state index is 13.0. The minimum atomic E-state index is -0.822. The highest BCUT2D eigenvalue weighted by molar-refractivity contribution is 5.83. The van der Waals surface area contributed by atoms with Crippen LogP contribution in [0.15, 0.2) is 12.2 Å². The largest absolute Gasteiger partial charge is 0.481 e. The van der Waals surface area contributed by atoms with Gasteiger partial charge in [0.05, 0.1) is 11.5 Å². The van der Waals surface area contributed by atoms with E-state index in [2.05, 4.69) is 13.5 Å². The van der Waals surface area contributed by atoms with Crippen molar-refractivity contribution in [2.24, 2.45) is 34.0 Å². The van der Waals surface area contributed by atoms with Crippen molar-refractivity contribution in [2.45, 2.75) is 96.9 Å². The summed E-state index contributed by atoms with van der Waals surface area (Å²) in [5, 5.41) is 10.1. The first-order valence-electron chi connectivity index (χ1n) is 11.8. The van der Waals surface area contributed by atoms with Crippen molar-refractivity contribution in [3.8, 4) is 0 Å². The normalized spacial score (nSPS) is 54.1. The first kappa shape index (κ1) is 20.5. The minimum absolute atomic E-state index is 0.0306. The molecule has 0 amide bonds. The number of hydrogen-bond acceptors (Lipinski definition) is 4. The van der Waals surface area contributed by atoms with Crippen molar-refractivity contribution in [1.82, 2.24) is 0 Å². The molecule has 4 saturated carbocycles. The fraction of sp³-hybridized carbons (Fsp3) is 0.840. The maximum atomic E-state index is 13.0. The molecule has 4 aliphatic carbocycles. The molecule has 0 aromatic heterocycles. The molecule has 1 saturated heterocycles. The van der Waals surface area contributed by atoms with Crippen LogP contribution in [0.3, 0.4) is 0 Å². The van der Waals surface area contributed by atoms with Gasteiger partial charge in [-0.2, -0.15) is 0 Å². The molecule has 5 fully saturated rings. The number of rotatable bonds is 3. The highest BCUT2D eigenvalue weighted by Gasteiger charge is 2.69. The van der Waals surface area contributed by atoms with E-state index in [1.165, 1.54) is 0 Å². The van der Waals surface area contributed by atoms with Gasteiger partial charge in [0.15, 0.2) is 5.60 Å². The van der Waals surface area contributed by atoms with E-state index >= 15 is 0 Å². The Morgan fingerprint density at radius 1 is 1.10 bits per heavy atom. The predicted molar refractivity (Wildman–Crippen MR) is 112 cm³/mol. The van der Waals surface area contributed by atoms with Crippen LogP contribution in [0.5, 0.6) is 0 Å². The lowest BCUT2D eigenvalue weighted by molar-refractivity contribution is -0.197. The van der Waals surface area contributed by atoms with Gasteiger partial charge in [-0.3, -0.25) is 4.79 Å². The van der Waals surface area contributed by atoms with Gasteiger partial charge in [0, 0.05) is 5.41 Å². The molecule has 5 aliphatic rings. The Labute approximate surface area is 179 Å². The average molecular weight is 417 g/mol. The van der Waals surface area contributed by atoms with Gasteiger partial charge in [-0.1, -0.05) is 19.9 Å². The van der Waals surface area contributed by atoms with Crippen LogP contribution in [0.25, 0.3) is 0 Å². The van der Waals surface area contributed by atoms with Crippen LogP contribution in [-0.4, -0.2) is 34.9 Å². The molecule has 2 bridgehead atoms. The Morgan fingerprint density at radius 2 is 1.80 bits per heavy atom. The highest BCUT2D eigenvalue weighted by Crippen LogP contribution is 2.72. The van der Waals surface area contributed by atoms with Crippen molar-refractivity contribution >= 4 is 11.9 Å². The molecule has 1 spiro atoms. The standard InChI is InChI=1S/C25H36O5/c1-14-16-7-8-18-22(3)10-6-11-23(4,20(26)27)17(22)9-12-25(18,13-16)19(14)29-21(28)24(5)15(2)30-24/h15-19H,1,6-13H2,2-5H3,(H,26,27)/t15-,16+,17-,18-,19-,22+,23+,24-,25+/m0/s1. The summed E-state index contributed by atoms with van der Waals surface area (Å²) in [5.74, 6) is 0.0705. The Balaban J connectivity index is 1.51. The molecular formula is C25H36O5. The number of carboxylic acids is 1. The van der Waals surface area contributed by atoms with Crippen molar-refractivity contribution < 1.29 is 24.2 Å². The summed E-state index contributed by atoms with van der Waals surface area (Å²) in [6, 6.07) is 0. The van der Waals surface area contributed by atoms with E-state index in [-0.39, 0.29) is 34.9 Å². The highest BCUT2D eigenvalue weighted by atomic mass is 16.7. The molecule has 30 heavy (non-hydrogen) atoms. The Kier molecular flexibility index (Phi) is 4.19. The van der Waals surface area contributed by atoms with Gasteiger partial charge < -0.3 is 14.6 Å². The molecule has 5 nitrogen and oxygen atoms in total. The zero-order valence-electron chi connectivity index (χ0n) is 18.8. The second-order valence-corrected chi connectivity index (χ2v) is 11.7. The molecule has 9 atom stereocenters. The van der Waals surface area contributed by atoms with Gasteiger partial charge in [-0.05, 0) is 94.5 Å². The average Bonchev–Trinajstić information content (AvgIpc) is 3.26. The molecule has 0 aromatic rings. The third-order valence-corrected chi connectivity index (χ3v) is 10.4. The van der Waals surface area contributed by atoms with E-state index in [4.69, 9.17) is 9.47 Å². The summed E-state index contributed by atoms with van der Waals surface area (Å²) in [5.41, 5.74) is -0.514. The molecular weight excluding hydrogens is 380 g/mol. The number of carboxylic acid groups (broad SMARTS) is 1. The fourth-order valence-electron chi connectivity index (χ4n) is 8.55. The number of esters is 1. The van der Waals surface area contributed by atoms with Crippen molar-refractivity contribution in [3.63, 3.8) is 0 Å². The van der Waals surface area contributed by atoms with Gasteiger partial charge in [0.1, 0.15) is 6.10 Å². The minimum Gasteiger partial charge on any atom is -0.481 e. The third-order valence-electron chi connectivity index (χ3n) is 10.4. The smallest absolute Gasteiger partial charge is 0.341 e. The van der Waals surface area contributed by atoms with Gasteiger partial charge in [-0.25, -0.2) is 4.79 Å². The van der Waals surface area contributed by atoms with E-state index in [0.29, 0.717) is 11.8 Å². The molecule has 1 aliphatic heterocycles. The molecule has 1 heterocycles. The first-order chi connectivity index (χ1) is 14.0. The fourth-order valence-corrected chi connectivity index (χ4v) is 8.55. The summed E-state index contributed by atoms with van der Waals surface area (Å²) in [6.45, 7) is 12.4. The van der Waals surface area contributed by atoms with Crippen LogP contribution in [0.4, 0.5) is 0 Å². The molecule has 5 heteroatoms. The van der Waals surface area contributed by atoms with E-state index in [1.54, 1.807) is 0 Å². The van der Waals surface area contributed by atoms with E-state index in [0.717, 1.165) is 56.9 Å². The van der Waals surface area contributed by atoms with Crippen LogP contribution in [0, 0.1) is 34.0 Å². The predicted octanol–water partition coefficient (Wildman–Crippen LogP) is 4.74. The summed E-state index contributed by atoms with van der Waals surface area (Å²) in [4.78, 5) is 25.3. The van der Waals surface area contributed by atoms with Gasteiger partial charge >= 0.3 is 11.9 Å². The van der Waals surface area contributed by atoms with Crippen molar-refractivity contribution in [2.75, 3.05) is 0 Å². The van der Waals surface area contributed by atoms with Gasteiger partial charge in [0.2, 0.25) is 0 Å².